The molecule has 8 heteroatoms. The van der Waals surface area contributed by atoms with Gasteiger partial charge in [-0.05, 0) is 45.0 Å². The molecular weight excluding hydrogens is 395 g/mol. The van der Waals surface area contributed by atoms with Crippen LogP contribution >= 0.6 is 23.5 Å². The molecule has 0 radical (unpaired) electrons. The third kappa shape index (κ3) is 6.39. The van der Waals surface area contributed by atoms with Crippen LogP contribution in [0.1, 0.15) is 20.8 Å². The number of rotatable bonds is 5. The SMILES string of the molecule is CC(C)(C)OC(=O)NC(Sc1ccccc1)(Sc1ccccc1)C(F)(F)F. The number of hydrogen-bond acceptors (Lipinski definition) is 4. The standard InChI is InChI=1S/C19H20F3NO2S2/c1-17(2,3)25-16(24)23-19(18(20,21)22,26-14-10-6-4-7-11-14)27-15-12-8-5-9-13-15/h4-13H,1-3H3,(H,23,24). The molecule has 0 aromatic heterocycles. The number of thioether (sulfide) groups is 2. The fourth-order valence-electron chi connectivity index (χ4n) is 2.01. The van der Waals surface area contributed by atoms with Crippen molar-refractivity contribution in [1.29, 1.82) is 0 Å². The molecule has 0 heterocycles. The highest BCUT2D eigenvalue weighted by Crippen LogP contribution is 2.53. The summed E-state index contributed by atoms with van der Waals surface area (Å²) in [6.45, 7) is 4.78. The molecule has 3 nitrogen and oxygen atoms in total. The van der Waals surface area contributed by atoms with Crippen LogP contribution in [0, 0.1) is 0 Å². The number of carbonyl (C=O) groups excluding carboxylic acids is 1. The van der Waals surface area contributed by atoms with Crippen molar-refractivity contribution in [3.8, 4) is 0 Å². The second-order valence-electron chi connectivity index (χ2n) is 6.57. The van der Waals surface area contributed by atoms with Crippen molar-refractivity contribution < 1.29 is 22.7 Å². The first-order chi connectivity index (χ1) is 12.5. The van der Waals surface area contributed by atoms with Crippen molar-refractivity contribution >= 4 is 29.6 Å². The van der Waals surface area contributed by atoms with Crippen molar-refractivity contribution in [2.24, 2.45) is 0 Å². The molecule has 0 saturated carbocycles. The summed E-state index contributed by atoms with van der Waals surface area (Å²) in [5.41, 5.74) is -0.920. The molecule has 2 aromatic carbocycles. The van der Waals surface area contributed by atoms with E-state index in [2.05, 4.69) is 5.32 Å². The monoisotopic (exact) mass is 415 g/mol. The zero-order valence-corrected chi connectivity index (χ0v) is 16.7. The number of nitrogens with one attached hydrogen (secondary N) is 1. The van der Waals surface area contributed by atoms with Crippen LogP contribution in [0.3, 0.4) is 0 Å². The third-order valence-electron chi connectivity index (χ3n) is 3.05. The minimum atomic E-state index is -4.76. The smallest absolute Gasteiger partial charge is 0.431 e. The van der Waals surface area contributed by atoms with Crippen LogP contribution in [0.4, 0.5) is 18.0 Å². The van der Waals surface area contributed by atoms with E-state index in [0.717, 1.165) is 0 Å². The Morgan fingerprint density at radius 2 is 1.26 bits per heavy atom. The molecule has 0 saturated heterocycles. The van der Waals surface area contributed by atoms with E-state index < -0.39 is 22.1 Å². The Bertz CT molecular complexity index is 706. The third-order valence-corrected chi connectivity index (χ3v) is 5.81. The Morgan fingerprint density at radius 3 is 1.59 bits per heavy atom. The van der Waals surface area contributed by atoms with E-state index in [1.54, 1.807) is 81.4 Å². The Labute approximate surface area is 165 Å². The van der Waals surface area contributed by atoms with Gasteiger partial charge in [0, 0.05) is 9.79 Å². The van der Waals surface area contributed by atoms with Gasteiger partial charge in [0.25, 0.3) is 0 Å². The summed E-state index contributed by atoms with van der Waals surface area (Å²) in [6, 6.07) is 16.3. The molecule has 0 spiro atoms. The lowest BCUT2D eigenvalue weighted by atomic mass is 10.2. The van der Waals surface area contributed by atoms with Gasteiger partial charge in [-0.1, -0.05) is 59.9 Å². The van der Waals surface area contributed by atoms with E-state index in [0.29, 0.717) is 33.3 Å². The van der Waals surface area contributed by atoms with E-state index in [9.17, 15) is 18.0 Å². The molecule has 0 atom stereocenters. The maximum atomic E-state index is 14.2. The molecule has 0 bridgehead atoms. The molecule has 27 heavy (non-hydrogen) atoms. The second kappa shape index (κ2) is 8.48. The molecule has 0 aliphatic rings. The van der Waals surface area contributed by atoms with Crippen LogP contribution in [0.5, 0.6) is 0 Å². The lowest BCUT2D eigenvalue weighted by molar-refractivity contribution is -0.143. The Balaban J connectivity index is 2.43. The summed E-state index contributed by atoms with van der Waals surface area (Å²) < 4.78 is 45.1. The summed E-state index contributed by atoms with van der Waals surface area (Å²) in [7, 11) is 0. The van der Waals surface area contributed by atoms with Crippen molar-refractivity contribution in [2.75, 3.05) is 0 Å². The van der Waals surface area contributed by atoms with Gasteiger partial charge in [-0.2, -0.15) is 13.2 Å². The van der Waals surface area contributed by atoms with E-state index >= 15 is 0 Å². The van der Waals surface area contributed by atoms with E-state index in [4.69, 9.17) is 4.74 Å². The van der Waals surface area contributed by atoms with Gasteiger partial charge >= 0.3 is 12.3 Å². The van der Waals surface area contributed by atoms with Crippen LogP contribution in [0.2, 0.25) is 0 Å². The fourth-order valence-corrected chi connectivity index (χ4v) is 4.50. The first-order valence-corrected chi connectivity index (χ1v) is 9.70. The van der Waals surface area contributed by atoms with Crippen LogP contribution in [0.15, 0.2) is 70.5 Å². The minimum Gasteiger partial charge on any atom is -0.444 e. The van der Waals surface area contributed by atoms with E-state index in [1.807, 2.05) is 0 Å². The van der Waals surface area contributed by atoms with Crippen molar-refractivity contribution in [3.63, 3.8) is 0 Å². The summed E-state index contributed by atoms with van der Waals surface area (Å²) >= 11 is 1.04. The molecule has 146 valence electrons. The number of alkyl carbamates (subject to hydrolysis) is 1. The molecule has 0 fully saturated rings. The zero-order valence-electron chi connectivity index (χ0n) is 15.0. The summed E-state index contributed by atoms with van der Waals surface area (Å²) in [6.07, 6.45) is -5.89. The molecule has 1 N–H and O–H groups in total. The predicted molar refractivity (Wildman–Crippen MR) is 103 cm³/mol. The number of carbonyl (C=O) groups is 1. The van der Waals surface area contributed by atoms with Gasteiger partial charge < -0.3 is 4.74 Å². The first-order valence-electron chi connectivity index (χ1n) is 8.07. The lowest BCUT2D eigenvalue weighted by Crippen LogP contribution is -2.54. The van der Waals surface area contributed by atoms with Crippen molar-refractivity contribution in [3.05, 3.63) is 60.7 Å². The van der Waals surface area contributed by atoms with Crippen molar-refractivity contribution in [1.82, 2.24) is 5.32 Å². The highest BCUT2D eigenvalue weighted by molar-refractivity contribution is 8.18. The van der Waals surface area contributed by atoms with E-state index in [1.165, 1.54) is 0 Å². The Hall–Kier alpha value is -1.80. The Kier molecular flexibility index (Phi) is 6.75. The fraction of sp³-hybridized carbons (Fsp3) is 0.316. The minimum absolute atomic E-state index is 0.370. The predicted octanol–water partition coefficient (Wildman–Crippen LogP) is 6.31. The number of amides is 1. The van der Waals surface area contributed by atoms with Gasteiger partial charge in [-0.25, -0.2) is 4.79 Å². The van der Waals surface area contributed by atoms with E-state index in [-0.39, 0.29) is 0 Å². The van der Waals surface area contributed by atoms with Gasteiger partial charge in [0.2, 0.25) is 4.20 Å². The maximum Gasteiger partial charge on any atom is 0.431 e. The molecular formula is C19H20F3NO2S2. The largest absolute Gasteiger partial charge is 0.444 e. The summed E-state index contributed by atoms with van der Waals surface area (Å²) in [4.78, 5) is 13.0. The maximum absolute atomic E-state index is 14.2. The van der Waals surface area contributed by atoms with Gasteiger partial charge in [-0.3, -0.25) is 5.32 Å². The molecule has 1 amide bonds. The quantitative estimate of drug-likeness (QED) is 0.459. The number of halogens is 3. The van der Waals surface area contributed by atoms with Crippen LogP contribution in [-0.4, -0.2) is 22.1 Å². The van der Waals surface area contributed by atoms with Gasteiger partial charge in [0.15, 0.2) is 0 Å². The van der Waals surface area contributed by atoms with Gasteiger partial charge in [0.05, 0.1) is 0 Å². The summed E-state index contributed by atoms with van der Waals surface area (Å²) in [5.74, 6) is 0. The van der Waals surface area contributed by atoms with Crippen LogP contribution in [0.25, 0.3) is 0 Å². The number of benzene rings is 2. The molecule has 2 aromatic rings. The summed E-state index contributed by atoms with van der Waals surface area (Å²) in [5, 5.41) is 2.06. The van der Waals surface area contributed by atoms with Crippen LogP contribution in [-0.2, 0) is 4.74 Å². The number of hydrogen-bond donors (Lipinski definition) is 1. The average molecular weight is 416 g/mol. The molecule has 0 aliphatic carbocycles. The first kappa shape index (κ1) is 21.5. The number of ether oxygens (including phenoxy) is 1. The average Bonchev–Trinajstić information content (AvgIpc) is 2.53. The molecule has 0 unspecified atom stereocenters. The normalized spacial score (nSPS) is 12.5. The highest BCUT2D eigenvalue weighted by atomic mass is 32.2. The van der Waals surface area contributed by atoms with Gasteiger partial charge in [0.1, 0.15) is 5.60 Å². The topological polar surface area (TPSA) is 38.3 Å². The van der Waals surface area contributed by atoms with Gasteiger partial charge in [-0.15, -0.1) is 0 Å². The highest BCUT2D eigenvalue weighted by Gasteiger charge is 2.58. The second-order valence-corrected chi connectivity index (χ2v) is 9.41. The Morgan fingerprint density at radius 1 is 0.852 bits per heavy atom. The molecule has 2 rings (SSSR count). The number of alkyl halides is 3. The van der Waals surface area contributed by atoms with Crippen LogP contribution < -0.4 is 5.32 Å². The molecule has 0 aliphatic heterocycles. The lowest BCUT2D eigenvalue weighted by Gasteiger charge is -2.35. The van der Waals surface area contributed by atoms with Crippen molar-refractivity contribution in [2.45, 2.75) is 46.5 Å². The zero-order chi connectivity index (χ0) is 20.1.